The third-order valence-electron chi connectivity index (χ3n) is 2.68. The van der Waals surface area contributed by atoms with Crippen LogP contribution in [0.25, 0.3) is 0 Å². The number of methoxy groups -OCH3 is 1. The predicted molar refractivity (Wildman–Crippen MR) is 71.7 cm³/mol. The van der Waals surface area contributed by atoms with Gasteiger partial charge >= 0.3 is 12.1 Å². The van der Waals surface area contributed by atoms with Crippen LogP contribution in [0, 0.1) is 5.92 Å². The van der Waals surface area contributed by atoms with Crippen molar-refractivity contribution in [1.82, 2.24) is 9.78 Å². The van der Waals surface area contributed by atoms with Crippen LogP contribution in [0.5, 0.6) is 0 Å². The molecule has 1 atom stereocenters. The van der Waals surface area contributed by atoms with Crippen LogP contribution in [0.4, 0.5) is 13.2 Å². The van der Waals surface area contributed by atoms with Crippen molar-refractivity contribution in [3.8, 4) is 0 Å². The first-order valence-corrected chi connectivity index (χ1v) is 6.81. The van der Waals surface area contributed by atoms with Gasteiger partial charge in [0.1, 0.15) is 4.60 Å². The third kappa shape index (κ3) is 4.29. The van der Waals surface area contributed by atoms with Gasteiger partial charge in [-0.15, -0.1) is 0 Å². The Balaban J connectivity index is 3.37. The van der Waals surface area contributed by atoms with Gasteiger partial charge in [-0.25, -0.2) is 9.48 Å². The maximum atomic E-state index is 12.7. The lowest BCUT2D eigenvalue weighted by molar-refractivity contribution is -0.145. The van der Waals surface area contributed by atoms with Gasteiger partial charge in [-0.3, -0.25) is 4.79 Å². The lowest BCUT2D eigenvalue weighted by Crippen LogP contribution is -2.34. The van der Waals surface area contributed by atoms with E-state index in [4.69, 9.17) is 0 Å². The zero-order valence-electron chi connectivity index (χ0n) is 11.6. The van der Waals surface area contributed by atoms with E-state index in [2.05, 4.69) is 25.8 Å². The summed E-state index contributed by atoms with van der Waals surface area (Å²) in [5, 5.41) is 3.56. The molecular formula is C12H14BrF3N2O3. The summed E-state index contributed by atoms with van der Waals surface area (Å²) >= 11 is 2.68. The third-order valence-corrected chi connectivity index (χ3v) is 3.27. The number of esters is 1. The van der Waals surface area contributed by atoms with E-state index in [1.54, 1.807) is 13.8 Å². The fraction of sp³-hybridized carbons (Fsp3) is 0.583. The van der Waals surface area contributed by atoms with E-state index in [9.17, 15) is 22.8 Å². The van der Waals surface area contributed by atoms with E-state index < -0.39 is 33.9 Å². The number of ether oxygens (including phenoxy) is 1. The Hall–Kier alpha value is -1.38. The molecule has 0 radical (unpaired) electrons. The van der Waals surface area contributed by atoms with Crippen molar-refractivity contribution in [2.45, 2.75) is 32.5 Å². The van der Waals surface area contributed by atoms with Crippen LogP contribution in [0.15, 0.2) is 15.5 Å². The first kappa shape index (κ1) is 17.7. The number of nitrogens with zero attached hydrogens (tertiary/aromatic N) is 2. The molecule has 118 valence electrons. The lowest BCUT2D eigenvalue weighted by atomic mass is 10.0. The van der Waals surface area contributed by atoms with Crippen molar-refractivity contribution >= 4 is 21.9 Å². The molecular weight excluding hydrogens is 357 g/mol. The van der Waals surface area contributed by atoms with Crippen molar-refractivity contribution in [3.63, 3.8) is 0 Å². The highest BCUT2D eigenvalue weighted by atomic mass is 79.9. The molecule has 1 heterocycles. The second-order valence-electron chi connectivity index (χ2n) is 4.80. The van der Waals surface area contributed by atoms with Crippen LogP contribution in [-0.2, 0) is 15.7 Å². The molecule has 0 aliphatic heterocycles. The minimum absolute atomic E-state index is 0.0175. The first-order valence-electron chi connectivity index (χ1n) is 6.02. The molecule has 0 saturated carbocycles. The van der Waals surface area contributed by atoms with Gasteiger partial charge in [0.2, 0.25) is 0 Å². The van der Waals surface area contributed by atoms with Gasteiger partial charge in [0, 0.05) is 6.07 Å². The summed E-state index contributed by atoms with van der Waals surface area (Å²) in [6.07, 6.45) is -4.49. The summed E-state index contributed by atoms with van der Waals surface area (Å²) < 4.78 is 42.8. The summed E-state index contributed by atoms with van der Waals surface area (Å²) in [6.45, 7) is 3.61. The zero-order chi connectivity index (χ0) is 16.4. The number of carbonyl (C=O) groups excluding carboxylic acids is 1. The topological polar surface area (TPSA) is 61.2 Å². The Bertz CT molecular complexity index is 584. The highest BCUT2D eigenvalue weighted by Gasteiger charge is 2.36. The van der Waals surface area contributed by atoms with Crippen LogP contribution in [-0.4, -0.2) is 22.9 Å². The quantitative estimate of drug-likeness (QED) is 0.764. The van der Waals surface area contributed by atoms with Crippen molar-refractivity contribution in [2.24, 2.45) is 5.92 Å². The van der Waals surface area contributed by atoms with Gasteiger partial charge in [0.05, 0.1) is 12.7 Å². The number of hydrogen-bond donors (Lipinski definition) is 0. The highest BCUT2D eigenvalue weighted by molar-refractivity contribution is 9.10. The van der Waals surface area contributed by atoms with Crippen LogP contribution in [0.1, 0.15) is 31.9 Å². The van der Waals surface area contributed by atoms with Crippen LogP contribution < -0.4 is 5.56 Å². The minimum Gasteiger partial charge on any atom is -0.467 e. The van der Waals surface area contributed by atoms with E-state index in [0.29, 0.717) is 10.7 Å². The summed E-state index contributed by atoms with van der Waals surface area (Å²) in [5.41, 5.74) is -2.20. The van der Waals surface area contributed by atoms with Crippen LogP contribution >= 0.6 is 15.9 Å². The Labute approximate surface area is 127 Å². The molecule has 0 aliphatic carbocycles. The fourth-order valence-corrected chi connectivity index (χ4v) is 2.26. The molecule has 0 amide bonds. The first-order chi connectivity index (χ1) is 9.57. The van der Waals surface area contributed by atoms with Crippen molar-refractivity contribution in [3.05, 3.63) is 26.6 Å². The summed E-state index contributed by atoms with van der Waals surface area (Å²) in [7, 11) is 1.14. The van der Waals surface area contributed by atoms with Crippen LogP contribution in [0.2, 0.25) is 0 Å². The van der Waals surface area contributed by atoms with E-state index in [0.717, 1.165) is 7.11 Å². The van der Waals surface area contributed by atoms with Crippen molar-refractivity contribution < 1.29 is 22.7 Å². The average molecular weight is 371 g/mol. The van der Waals surface area contributed by atoms with Gasteiger partial charge in [-0.2, -0.15) is 18.3 Å². The molecule has 0 spiro atoms. The molecule has 1 unspecified atom stereocenters. The number of hydrogen-bond acceptors (Lipinski definition) is 4. The molecule has 1 aromatic heterocycles. The monoisotopic (exact) mass is 370 g/mol. The number of alkyl halides is 3. The predicted octanol–water partition coefficient (Wildman–Crippen LogP) is 2.78. The average Bonchev–Trinajstić information content (AvgIpc) is 2.36. The molecule has 1 aromatic rings. The number of halogens is 4. The Morgan fingerprint density at radius 2 is 2.05 bits per heavy atom. The minimum atomic E-state index is -4.71. The molecule has 0 saturated heterocycles. The Morgan fingerprint density at radius 3 is 2.48 bits per heavy atom. The van der Waals surface area contributed by atoms with Crippen molar-refractivity contribution in [2.75, 3.05) is 7.11 Å². The zero-order valence-corrected chi connectivity index (χ0v) is 13.2. The van der Waals surface area contributed by atoms with Gasteiger partial charge in [0.15, 0.2) is 6.04 Å². The summed E-state index contributed by atoms with van der Waals surface area (Å²) in [4.78, 5) is 23.6. The van der Waals surface area contributed by atoms with E-state index in [-0.39, 0.29) is 12.3 Å². The number of rotatable bonds is 4. The number of carbonyl (C=O) groups is 1. The normalized spacial score (nSPS) is 13.3. The molecule has 21 heavy (non-hydrogen) atoms. The van der Waals surface area contributed by atoms with Gasteiger partial charge in [0.25, 0.3) is 5.56 Å². The van der Waals surface area contributed by atoms with E-state index in [1.165, 1.54) is 0 Å². The standard InChI is InChI=1S/C12H14BrF3N2O3/c1-6(2)4-8(11(20)21-3)18-9(19)5-7(10(13)17-18)12(14,15)16/h5-6,8H,4H2,1-3H3. The van der Waals surface area contributed by atoms with Crippen LogP contribution in [0.3, 0.4) is 0 Å². The highest BCUT2D eigenvalue weighted by Crippen LogP contribution is 2.33. The molecule has 5 nitrogen and oxygen atoms in total. The number of aromatic nitrogens is 2. The molecule has 0 N–H and O–H groups in total. The largest absolute Gasteiger partial charge is 0.467 e. The van der Waals surface area contributed by atoms with Gasteiger partial charge < -0.3 is 4.74 Å². The van der Waals surface area contributed by atoms with Crippen molar-refractivity contribution in [1.29, 1.82) is 0 Å². The fourth-order valence-electron chi connectivity index (χ4n) is 1.75. The smallest absolute Gasteiger partial charge is 0.419 e. The molecule has 0 bridgehead atoms. The van der Waals surface area contributed by atoms with E-state index in [1.807, 2.05) is 0 Å². The lowest BCUT2D eigenvalue weighted by Gasteiger charge is -2.19. The summed E-state index contributed by atoms with van der Waals surface area (Å²) in [6, 6.07) is -0.658. The summed E-state index contributed by atoms with van der Waals surface area (Å²) in [5.74, 6) is -0.714. The SMILES string of the molecule is COC(=O)C(CC(C)C)n1nc(Br)c(C(F)(F)F)cc1=O. The molecule has 9 heteroatoms. The second-order valence-corrected chi connectivity index (χ2v) is 5.55. The molecule has 0 fully saturated rings. The van der Waals surface area contributed by atoms with E-state index >= 15 is 0 Å². The van der Waals surface area contributed by atoms with Gasteiger partial charge in [-0.1, -0.05) is 13.8 Å². The Kier molecular flexibility index (Phi) is 5.54. The maximum Gasteiger partial charge on any atom is 0.419 e. The molecule has 0 aliphatic rings. The molecule has 0 aromatic carbocycles. The Morgan fingerprint density at radius 1 is 1.48 bits per heavy atom. The molecule has 1 rings (SSSR count). The maximum absolute atomic E-state index is 12.7. The second kappa shape index (κ2) is 6.59. The van der Waals surface area contributed by atoms with Gasteiger partial charge in [-0.05, 0) is 28.3 Å².